The molecule has 0 saturated carbocycles. The number of anilines is 2. The van der Waals surface area contributed by atoms with Crippen molar-refractivity contribution >= 4 is 11.4 Å². The second kappa shape index (κ2) is 10.1. The second-order valence-electron chi connectivity index (χ2n) is 8.28. The number of rotatable bonds is 8. The Hall–Kier alpha value is -1.58. The Morgan fingerprint density at radius 3 is 1.38 bits per heavy atom. The maximum Gasteiger partial charge on any atom is 0.157 e. The fourth-order valence-corrected chi connectivity index (χ4v) is 3.85. The van der Waals surface area contributed by atoms with E-state index in [1.807, 2.05) is 13.8 Å². The molecule has 1 aromatic rings. The molecular weight excluding hydrogens is 428 g/mol. The van der Waals surface area contributed by atoms with E-state index in [1.165, 1.54) is 0 Å². The fourth-order valence-electron chi connectivity index (χ4n) is 3.85. The highest BCUT2D eigenvalue weighted by atomic mass is 16.6. The van der Waals surface area contributed by atoms with Gasteiger partial charge in [-0.15, -0.1) is 0 Å². The van der Waals surface area contributed by atoms with E-state index in [1.54, 1.807) is 12.1 Å². The van der Waals surface area contributed by atoms with Gasteiger partial charge < -0.3 is 61.0 Å². The summed E-state index contributed by atoms with van der Waals surface area (Å²) in [6.07, 6.45) is -13.1. The van der Waals surface area contributed by atoms with Crippen molar-refractivity contribution in [1.29, 1.82) is 0 Å². The number of aliphatic hydroxyl groups is 8. The number of aliphatic hydroxyl groups excluding tert-OH is 8. The van der Waals surface area contributed by atoms with Gasteiger partial charge in [0.25, 0.3) is 0 Å². The van der Waals surface area contributed by atoms with Crippen LogP contribution >= 0.6 is 0 Å². The van der Waals surface area contributed by atoms with Gasteiger partial charge in [-0.25, -0.2) is 0 Å². The molecular formula is C20H32N2O10. The summed E-state index contributed by atoms with van der Waals surface area (Å²) in [5, 5.41) is 84.7. The lowest BCUT2D eigenvalue weighted by molar-refractivity contribution is -0.0776. The van der Waals surface area contributed by atoms with Crippen LogP contribution in [0.5, 0.6) is 0 Å². The first-order chi connectivity index (χ1) is 15.1. The summed E-state index contributed by atoms with van der Waals surface area (Å²) in [5.41, 5.74) is 2.55. The predicted molar refractivity (Wildman–Crippen MR) is 111 cm³/mol. The molecule has 3 rings (SSSR count). The average molecular weight is 460 g/mol. The summed E-state index contributed by atoms with van der Waals surface area (Å²) < 4.78 is 11.0. The number of hydrogen-bond donors (Lipinski definition) is 10. The fraction of sp³-hybridized carbons (Fsp3) is 0.700. The van der Waals surface area contributed by atoms with Crippen LogP contribution in [-0.4, -0.2) is 115 Å². The summed E-state index contributed by atoms with van der Waals surface area (Å²) in [6, 6.07) is 3.46. The molecule has 10 N–H and O–H groups in total. The van der Waals surface area contributed by atoms with Crippen LogP contribution in [0.2, 0.25) is 0 Å². The van der Waals surface area contributed by atoms with Crippen molar-refractivity contribution < 1.29 is 50.3 Å². The number of nitrogens with one attached hydrogen (secondary N) is 2. The molecule has 12 heteroatoms. The molecule has 1 aromatic carbocycles. The minimum absolute atomic E-state index is 0.403. The monoisotopic (exact) mass is 460 g/mol. The molecule has 0 spiro atoms. The van der Waals surface area contributed by atoms with Gasteiger partial charge in [-0.3, -0.25) is 0 Å². The molecule has 2 heterocycles. The Morgan fingerprint density at radius 2 is 1.06 bits per heavy atom. The summed E-state index contributed by atoms with van der Waals surface area (Å²) in [7, 11) is 0. The average Bonchev–Trinajstić information content (AvgIpc) is 3.21. The van der Waals surface area contributed by atoms with Crippen molar-refractivity contribution in [2.24, 2.45) is 0 Å². The number of benzene rings is 1. The molecule has 0 amide bonds. The van der Waals surface area contributed by atoms with Crippen LogP contribution in [0.15, 0.2) is 12.1 Å². The van der Waals surface area contributed by atoms with Crippen LogP contribution in [0.25, 0.3) is 0 Å². The minimum Gasteiger partial charge on any atom is -0.394 e. The standard InChI is InChI=1S/C20H32N2O10/c1-7-3-9(21-19-15(29)13(27)17(31-19)11(25)5-23)10(4-8(7)2)22-20-16(30)14(28)18(32-20)12(26)6-24/h3-4,11-30H,5-6H2,1-2H3/t11-,12+,13-,14+,15-,16+,17-,18+,19+,20-. The smallest absolute Gasteiger partial charge is 0.157 e. The summed E-state index contributed by atoms with van der Waals surface area (Å²) in [4.78, 5) is 0. The van der Waals surface area contributed by atoms with Gasteiger partial charge in [0.2, 0.25) is 0 Å². The highest BCUT2D eigenvalue weighted by Crippen LogP contribution is 2.33. The van der Waals surface area contributed by atoms with Crippen molar-refractivity contribution in [2.45, 2.75) is 75.1 Å². The SMILES string of the molecule is Cc1cc(N[C@@H]2O[C@@H]([C@@H](O)CO)[C@@H](O)[C@@H]2O)c(N[C@H]2O[C@H]([C@H](O)CO)[C@H](O)[C@H]2O)cc1C. The molecule has 2 fully saturated rings. The molecule has 10 atom stereocenters. The molecule has 0 radical (unpaired) electrons. The van der Waals surface area contributed by atoms with E-state index in [0.717, 1.165) is 11.1 Å². The van der Waals surface area contributed by atoms with Gasteiger partial charge in [0.1, 0.15) is 48.8 Å². The van der Waals surface area contributed by atoms with Crippen molar-refractivity contribution in [2.75, 3.05) is 23.8 Å². The van der Waals surface area contributed by atoms with E-state index in [2.05, 4.69) is 10.6 Å². The summed E-state index contributed by atoms with van der Waals surface area (Å²) >= 11 is 0. The molecule has 32 heavy (non-hydrogen) atoms. The number of ether oxygens (including phenoxy) is 2. The molecule has 0 unspecified atom stereocenters. The zero-order valence-corrected chi connectivity index (χ0v) is 17.7. The predicted octanol–water partition coefficient (Wildman–Crippen LogP) is -3.27. The van der Waals surface area contributed by atoms with Gasteiger partial charge >= 0.3 is 0 Å². The Balaban J connectivity index is 1.81. The van der Waals surface area contributed by atoms with E-state index >= 15 is 0 Å². The van der Waals surface area contributed by atoms with Gasteiger partial charge in [-0.05, 0) is 37.1 Å². The molecule has 2 aliphatic heterocycles. The third-order valence-corrected chi connectivity index (χ3v) is 5.96. The lowest BCUT2D eigenvalue weighted by Crippen LogP contribution is -2.41. The van der Waals surface area contributed by atoms with Crippen LogP contribution in [-0.2, 0) is 9.47 Å². The van der Waals surface area contributed by atoms with Crippen molar-refractivity contribution in [3.8, 4) is 0 Å². The Morgan fingerprint density at radius 1 is 0.719 bits per heavy atom. The molecule has 2 aliphatic rings. The van der Waals surface area contributed by atoms with Crippen LogP contribution in [0.4, 0.5) is 11.4 Å². The van der Waals surface area contributed by atoms with E-state index in [0.29, 0.717) is 11.4 Å². The van der Waals surface area contributed by atoms with Gasteiger partial charge in [0.15, 0.2) is 12.5 Å². The lowest BCUT2D eigenvalue weighted by atomic mass is 10.0. The zero-order valence-electron chi connectivity index (χ0n) is 17.7. The third-order valence-electron chi connectivity index (χ3n) is 5.96. The molecule has 2 saturated heterocycles. The van der Waals surface area contributed by atoms with E-state index in [4.69, 9.17) is 19.7 Å². The quantitative estimate of drug-likeness (QED) is 0.186. The molecule has 12 nitrogen and oxygen atoms in total. The third kappa shape index (κ3) is 4.84. The maximum atomic E-state index is 10.3. The van der Waals surface area contributed by atoms with E-state index < -0.39 is 74.5 Å². The normalized spacial score (nSPS) is 36.8. The molecule has 0 aliphatic carbocycles. The van der Waals surface area contributed by atoms with Gasteiger partial charge in [-0.1, -0.05) is 0 Å². The van der Waals surface area contributed by atoms with Crippen molar-refractivity contribution in [3.05, 3.63) is 23.3 Å². The van der Waals surface area contributed by atoms with Gasteiger partial charge in [-0.2, -0.15) is 0 Å². The second-order valence-corrected chi connectivity index (χ2v) is 8.28. The van der Waals surface area contributed by atoms with E-state index in [9.17, 15) is 30.6 Å². The number of aryl methyl sites for hydroxylation is 2. The highest BCUT2D eigenvalue weighted by Gasteiger charge is 2.47. The Bertz CT molecular complexity index is 720. The van der Waals surface area contributed by atoms with Crippen LogP contribution in [0.1, 0.15) is 11.1 Å². The van der Waals surface area contributed by atoms with Crippen LogP contribution < -0.4 is 10.6 Å². The molecule has 0 aromatic heterocycles. The molecule has 182 valence electrons. The first-order valence-electron chi connectivity index (χ1n) is 10.3. The lowest BCUT2D eigenvalue weighted by Gasteiger charge is -2.25. The topological polar surface area (TPSA) is 204 Å². The number of hydrogen-bond acceptors (Lipinski definition) is 12. The summed E-state index contributed by atoms with van der Waals surface area (Å²) in [5.74, 6) is 0. The Labute approximate surface area is 184 Å². The highest BCUT2D eigenvalue weighted by molar-refractivity contribution is 5.71. The van der Waals surface area contributed by atoms with Crippen molar-refractivity contribution in [1.82, 2.24) is 0 Å². The Kier molecular flexibility index (Phi) is 7.93. The summed E-state index contributed by atoms with van der Waals surface area (Å²) in [6.45, 7) is 2.39. The van der Waals surface area contributed by atoms with Gasteiger partial charge in [0.05, 0.1) is 24.6 Å². The zero-order chi connectivity index (χ0) is 23.7. The first kappa shape index (κ1) is 25.1. The maximum absolute atomic E-state index is 10.3. The largest absolute Gasteiger partial charge is 0.394 e. The van der Waals surface area contributed by atoms with Crippen LogP contribution in [0.3, 0.4) is 0 Å². The molecule has 0 bridgehead atoms. The van der Waals surface area contributed by atoms with Crippen LogP contribution in [0, 0.1) is 13.8 Å². The first-order valence-corrected chi connectivity index (χ1v) is 10.3. The van der Waals surface area contributed by atoms with Crippen molar-refractivity contribution in [3.63, 3.8) is 0 Å². The van der Waals surface area contributed by atoms with E-state index in [-0.39, 0.29) is 0 Å². The van der Waals surface area contributed by atoms with Gasteiger partial charge in [0, 0.05) is 0 Å². The minimum atomic E-state index is -1.44.